The average Bonchev–Trinajstić information content (AvgIpc) is 1.54. The number of hydrogen-bond acceptors (Lipinski definition) is 4. The second-order valence-electron chi connectivity index (χ2n) is 25.6. The van der Waals surface area contributed by atoms with Gasteiger partial charge in [-0.2, -0.15) is 0 Å². The Balaban J connectivity index is 0.826. The molecule has 2 aliphatic rings. The minimum Gasteiger partial charge on any atom is -0.134 e. The second-order valence-corrected chi connectivity index (χ2v) is 49.1. The van der Waals surface area contributed by atoms with E-state index in [1.54, 1.807) is 35.8 Å². The van der Waals surface area contributed by atoms with Crippen LogP contribution in [0.25, 0.3) is 51.5 Å². The van der Waals surface area contributed by atoms with E-state index in [4.69, 9.17) is 0 Å². The summed E-state index contributed by atoms with van der Waals surface area (Å²) in [4.78, 5) is 4.86. The first kappa shape index (κ1) is 79.5. The normalized spacial score (nSPS) is 12.8. The minimum absolute atomic E-state index is 0.213. The van der Waals surface area contributed by atoms with Crippen LogP contribution in [0, 0.1) is 175 Å². The van der Waals surface area contributed by atoms with Crippen molar-refractivity contribution >= 4 is 89.5 Å². The first-order valence-electron chi connectivity index (χ1n) is 33.9. The molecule has 0 fully saturated rings. The summed E-state index contributed by atoms with van der Waals surface area (Å²) in [5.41, 5.74) is -12.5. The quantitative estimate of drug-likeness (QED) is 0.0213. The van der Waals surface area contributed by atoms with Crippen molar-refractivity contribution in [3.8, 4) is 98.9 Å². The van der Waals surface area contributed by atoms with E-state index in [1.807, 2.05) is 38.1 Å². The van der Waals surface area contributed by atoms with Crippen LogP contribution in [0.15, 0.2) is 36.4 Å². The molecule has 0 aliphatic carbocycles. The molecule has 0 spiro atoms. The fraction of sp³-hybridized carbons (Fsp3) is 0.250. The fourth-order valence-electron chi connectivity index (χ4n) is 14.3. The molecule has 12 rings (SSSR count). The summed E-state index contributed by atoms with van der Waals surface area (Å²) in [6, 6.07) is 10.7. The second kappa shape index (κ2) is 31.3. The van der Waals surface area contributed by atoms with Gasteiger partial charge in [-0.15, -0.1) is 45.3 Å². The van der Waals surface area contributed by atoms with Gasteiger partial charge in [-0.25, -0.2) is 0 Å². The van der Waals surface area contributed by atoms with Gasteiger partial charge >= 0.3 is 430 Å². The van der Waals surface area contributed by atoms with Crippen LogP contribution in [0.2, 0.25) is 21.0 Å². The molecule has 0 saturated carbocycles. The van der Waals surface area contributed by atoms with Crippen LogP contribution < -0.4 is 17.6 Å². The molecular formula is C80H52F22Ge2S4. The first-order valence-corrected chi connectivity index (χ1v) is 47.3. The van der Waals surface area contributed by atoms with Gasteiger partial charge in [0.15, 0.2) is 0 Å². The molecule has 10 aromatic rings. The average molecular weight is 1700 g/mol. The van der Waals surface area contributed by atoms with Gasteiger partial charge in [0.05, 0.1) is 0 Å². The summed E-state index contributed by atoms with van der Waals surface area (Å²) in [7, 11) is 0. The maximum Gasteiger partial charge on any atom is -0.0264 e. The summed E-state index contributed by atoms with van der Waals surface area (Å²) in [5, 5.41) is -0.968. The van der Waals surface area contributed by atoms with Crippen molar-refractivity contribution in [2.45, 2.75) is 127 Å². The molecule has 108 heavy (non-hydrogen) atoms. The van der Waals surface area contributed by atoms with Crippen molar-refractivity contribution in [2.75, 3.05) is 0 Å². The predicted molar refractivity (Wildman–Crippen MR) is 382 cm³/mol. The zero-order valence-electron chi connectivity index (χ0n) is 57.3. The molecule has 0 saturated heterocycles. The van der Waals surface area contributed by atoms with Gasteiger partial charge in [-0.05, 0) is 73.2 Å². The van der Waals surface area contributed by atoms with E-state index in [0.29, 0.717) is 35.4 Å². The summed E-state index contributed by atoms with van der Waals surface area (Å²) in [6.07, 6.45) is 7.73. The van der Waals surface area contributed by atoms with Crippen molar-refractivity contribution in [1.29, 1.82) is 0 Å². The Morgan fingerprint density at radius 1 is 0.250 bits per heavy atom. The third kappa shape index (κ3) is 13.0. The topological polar surface area (TPSA) is 0 Å². The van der Waals surface area contributed by atoms with Gasteiger partial charge in [-0.1, -0.05) is 52.4 Å². The number of halogens is 22. The molecule has 558 valence electrons. The van der Waals surface area contributed by atoms with Crippen molar-refractivity contribution in [2.24, 2.45) is 0 Å². The van der Waals surface area contributed by atoms with E-state index >= 15 is 79.0 Å². The maximum absolute atomic E-state index is 16.7. The van der Waals surface area contributed by atoms with Crippen LogP contribution in [0.4, 0.5) is 96.6 Å². The Labute approximate surface area is 626 Å². The molecule has 28 heteroatoms. The van der Waals surface area contributed by atoms with Gasteiger partial charge < -0.3 is 0 Å². The predicted octanol–water partition coefficient (Wildman–Crippen LogP) is 23.0. The monoisotopic (exact) mass is 1710 g/mol. The van der Waals surface area contributed by atoms with Gasteiger partial charge in [0.1, 0.15) is 0 Å². The minimum atomic E-state index is -4.89. The van der Waals surface area contributed by atoms with Crippen LogP contribution in [0.5, 0.6) is 0 Å². The van der Waals surface area contributed by atoms with Crippen LogP contribution in [-0.4, -0.2) is 26.5 Å². The third-order valence-corrected chi connectivity index (χ3v) is 46.9. The molecule has 2 aliphatic heterocycles. The SMILES string of the molecule is CCCCCCc1cc(C#Cc2c(F)c(F)c(C#Cc3c(F)c(F)c4[c](c3F)[Ge]([CH2]C)([CH2]C)[c]3c(F)c(F)c(F)c(F)c3-4)c(F)c2F)sc1-c1ccc(-c2ccc(-c3sc(C#Cc4c(F)c(F)c(C#Cc5c(F)c(F)c6[c](c5F)[Ge]([CH2]C)([CH2]C)[c]5c(F)c(F)c(F)c(F)c5-6)c(F)c4F)cc3CCCCCC)s2)s1. The molecule has 0 amide bonds. The van der Waals surface area contributed by atoms with Crippen LogP contribution >= 0.6 is 45.3 Å². The Morgan fingerprint density at radius 2 is 0.491 bits per heavy atom. The molecule has 4 aromatic heterocycles. The summed E-state index contributed by atoms with van der Waals surface area (Å²) in [6.45, 7) is 9.50. The third-order valence-electron chi connectivity index (χ3n) is 19.9. The van der Waals surface area contributed by atoms with Crippen molar-refractivity contribution < 1.29 is 96.6 Å². The number of benzene rings is 6. The summed E-state index contributed by atoms with van der Waals surface area (Å²) >= 11 is -4.81. The molecule has 0 atom stereocenters. The summed E-state index contributed by atoms with van der Waals surface area (Å²) < 4.78 is 342. The van der Waals surface area contributed by atoms with Crippen molar-refractivity contribution in [3.05, 3.63) is 219 Å². The molecule has 0 radical (unpaired) electrons. The zero-order valence-corrected chi connectivity index (χ0v) is 64.8. The fourth-order valence-corrected chi connectivity index (χ4v) is 38.4. The van der Waals surface area contributed by atoms with E-state index in [1.165, 1.54) is 50.4 Å². The Morgan fingerprint density at radius 3 is 0.778 bits per heavy atom. The number of thiophene rings is 4. The molecule has 0 unspecified atom stereocenters. The number of fused-ring (bicyclic) bond motifs is 6. The zero-order chi connectivity index (χ0) is 78.2. The van der Waals surface area contributed by atoms with Crippen LogP contribution in [-0.2, 0) is 12.8 Å². The molecule has 0 bridgehead atoms. The van der Waals surface area contributed by atoms with E-state index in [-0.39, 0.29) is 30.8 Å². The maximum atomic E-state index is 16.7. The number of rotatable bonds is 17. The van der Waals surface area contributed by atoms with E-state index in [9.17, 15) is 17.6 Å². The molecular weight excluding hydrogens is 1650 g/mol. The number of aryl methyl sites for hydroxylation is 2. The first-order chi connectivity index (χ1) is 51.5. The van der Waals surface area contributed by atoms with Gasteiger partial charge in [0, 0.05) is 29.3 Å². The Bertz CT molecular complexity index is 5300. The standard InChI is InChI=1S/C80H52F22Ge2S4/c1-7-13-15-17-19-35-33-37(21-23-39-53(81)57(85)41(58(86)54(39)82)25-27-43-61(89)65(93)49-51-67(95)69(97)71(99)73(101)77(51)103(9-3,10-4)75(49)63(43)91)105-79(35)47-31-29-45(107-47)46-30-32-48(108-46)80-36(20-18-16-14-8-2)34-38(106-80)22-24-40-55(83)59(87)42(60(88)56(40)84)26-28-44-62(90)66(94)50-52-68(96)70(98)72(100)74(102)78(52)104(11-5,12-6)76(50)64(44)92/h29-34H,7-20H2,1-6H3. The van der Waals surface area contributed by atoms with Crippen molar-refractivity contribution in [1.82, 2.24) is 0 Å². The molecule has 6 heterocycles. The van der Waals surface area contributed by atoms with Crippen LogP contribution in [0.1, 0.15) is 147 Å². The van der Waals surface area contributed by atoms with E-state index in [0.717, 1.165) is 91.8 Å². The number of hydrogen-bond donors (Lipinski definition) is 0. The largest absolute Gasteiger partial charge is 0.134 e. The number of unbranched alkanes of at least 4 members (excludes halogenated alkanes) is 6. The van der Waals surface area contributed by atoms with Gasteiger partial charge in [-0.3, -0.25) is 0 Å². The van der Waals surface area contributed by atoms with Gasteiger partial charge in [0.2, 0.25) is 0 Å². The van der Waals surface area contributed by atoms with E-state index < -0.39 is 228 Å². The van der Waals surface area contributed by atoms with Crippen LogP contribution in [0.3, 0.4) is 0 Å². The molecule has 0 nitrogen and oxygen atoms in total. The Hall–Kier alpha value is -8.09. The smallest absolute Gasteiger partial charge is 0.0264 e. The molecule has 6 aromatic carbocycles. The summed E-state index contributed by atoms with van der Waals surface area (Å²) in [5.74, 6) is -30.1. The van der Waals surface area contributed by atoms with Gasteiger partial charge in [0.25, 0.3) is 0 Å². The Kier molecular flexibility index (Phi) is 23.1. The molecule has 0 N–H and O–H groups in total. The van der Waals surface area contributed by atoms with E-state index in [2.05, 4.69) is 23.7 Å². The van der Waals surface area contributed by atoms with Crippen molar-refractivity contribution in [3.63, 3.8) is 0 Å².